The molecule has 1 aliphatic rings. The number of benzene rings is 1. The van der Waals surface area contributed by atoms with Gasteiger partial charge in [-0.3, -0.25) is 4.79 Å². The Hall–Kier alpha value is -2.15. The molecule has 0 aliphatic heterocycles. The lowest BCUT2D eigenvalue weighted by Crippen LogP contribution is -2.41. The lowest BCUT2D eigenvalue weighted by molar-refractivity contribution is -0.119. The summed E-state index contributed by atoms with van der Waals surface area (Å²) < 4.78 is 2.02. The number of thioether (sulfide) groups is 1. The highest BCUT2D eigenvalue weighted by Gasteiger charge is 2.23. The zero-order valence-corrected chi connectivity index (χ0v) is 15.9. The van der Waals surface area contributed by atoms with Crippen molar-refractivity contribution in [2.45, 2.75) is 43.8 Å². The minimum Gasteiger partial charge on any atom is -0.352 e. The molecule has 1 fully saturated rings. The Morgan fingerprint density at radius 3 is 2.92 bits per heavy atom. The number of rotatable bonds is 4. The van der Waals surface area contributed by atoms with Crippen LogP contribution in [0, 0.1) is 5.92 Å². The average Bonchev–Trinajstić information content (AvgIpc) is 2.94. The largest absolute Gasteiger partial charge is 0.352 e. The van der Waals surface area contributed by atoms with Crippen molar-refractivity contribution in [2.75, 3.05) is 5.75 Å². The number of para-hydroxylation sites is 1. The van der Waals surface area contributed by atoms with Gasteiger partial charge in [0.2, 0.25) is 11.1 Å². The van der Waals surface area contributed by atoms with Crippen LogP contribution in [-0.2, 0) is 11.8 Å². The number of aryl methyl sites for hydroxylation is 1. The molecule has 1 N–H and O–H groups in total. The molecular formula is C19H23N5OS. The number of hydrogen-bond acceptors (Lipinski definition) is 5. The highest BCUT2D eigenvalue weighted by molar-refractivity contribution is 7.99. The monoisotopic (exact) mass is 369 g/mol. The van der Waals surface area contributed by atoms with E-state index in [0.717, 1.165) is 28.5 Å². The first-order chi connectivity index (χ1) is 12.6. The number of carbonyl (C=O) groups excluding carboxylic acids is 1. The van der Waals surface area contributed by atoms with E-state index < -0.39 is 0 Å². The van der Waals surface area contributed by atoms with E-state index in [1.807, 2.05) is 35.9 Å². The maximum Gasteiger partial charge on any atom is 0.230 e. The van der Waals surface area contributed by atoms with Crippen LogP contribution in [0.25, 0.3) is 22.1 Å². The van der Waals surface area contributed by atoms with E-state index in [-0.39, 0.29) is 5.91 Å². The van der Waals surface area contributed by atoms with Gasteiger partial charge in [-0.25, -0.2) is 4.98 Å². The summed E-state index contributed by atoms with van der Waals surface area (Å²) in [6.07, 6.45) is 4.75. The van der Waals surface area contributed by atoms with E-state index in [4.69, 9.17) is 0 Å². The van der Waals surface area contributed by atoms with Gasteiger partial charge >= 0.3 is 0 Å². The van der Waals surface area contributed by atoms with Gasteiger partial charge in [-0.2, -0.15) is 0 Å². The molecule has 1 aromatic carbocycles. The van der Waals surface area contributed by atoms with Gasteiger partial charge in [0.25, 0.3) is 0 Å². The zero-order valence-electron chi connectivity index (χ0n) is 15.1. The summed E-state index contributed by atoms with van der Waals surface area (Å²) in [5.74, 6) is 0.928. The molecular weight excluding hydrogens is 346 g/mol. The predicted octanol–water partition coefficient (Wildman–Crippen LogP) is 3.30. The number of hydrogen-bond donors (Lipinski definition) is 1. The Morgan fingerprint density at radius 2 is 2.08 bits per heavy atom. The second kappa shape index (κ2) is 7.23. The fraction of sp³-hybridized carbons (Fsp3) is 0.474. The van der Waals surface area contributed by atoms with Crippen LogP contribution in [0.15, 0.2) is 29.4 Å². The van der Waals surface area contributed by atoms with Crippen molar-refractivity contribution in [1.82, 2.24) is 25.1 Å². The topological polar surface area (TPSA) is 72.7 Å². The minimum atomic E-state index is 0.0505. The molecule has 1 saturated carbocycles. The Labute approximate surface area is 156 Å². The highest BCUT2D eigenvalue weighted by Crippen LogP contribution is 2.26. The summed E-state index contributed by atoms with van der Waals surface area (Å²) >= 11 is 1.34. The van der Waals surface area contributed by atoms with Gasteiger partial charge in [-0.05, 0) is 24.8 Å². The Balaban J connectivity index is 1.46. The van der Waals surface area contributed by atoms with Crippen LogP contribution in [0.3, 0.4) is 0 Å². The first-order valence-corrected chi connectivity index (χ1v) is 10.1. The van der Waals surface area contributed by atoms with Gasteiger partial charge in [0, 0.05) is 18.5 Å². The molecule has 2 heterocycles. The van der Waals surface area contributed by atoms with Crippen molar-refractivity contribution in [3.8, 4) is 0 Å². The van der Waals surface area contributed by atoms with Crippen LogP contribution in [-0.4, -0.2) is 37.5 Å². The molecule has 4 rings (SSSR count). The molecule has 6 nitrogen and oxygen atoms in total. The van der Waals surface area contributed by atoms with Gasteiger partial charge in [-0.15, -0.1) is 10.2 Å². The van der Waals surface area contributed by atoms with Crippen molar-refractivity contribution in [3.63, 3.8) is 0 Å². The number of nitrogens with one attached hydrogen (secondary N) is 1. The zero-order chi connectivity index (χ0) is 18.1. The number of aromatic nitrogens is 4. The van der Waals surface area contributed by atoms with E-state index in [9.17, 15) is 4.79 Å². The minimum absolute atomic E-state index is 0.0505. The van der Waals surface area contributed by atoms with E-state index >= 15 is 0 Å². The summed E-state index contributed by atoms with van der Waals surface area (Å²) in [6, 6.07) is 8.37. The van der Waals surface area contributed by atoms with Gasteiger partial charge < -0.3 is 9.88 Å². The molecule has 7 heteroatoms. The highest BCUT2D eigenvalue weighted by atomic mass is 32.2. The van der Waals surface area contributed by atoms with E-state index in [0.29, 0.717) is 22.9 Å². The Bertz CT molecular complexity index is 954. The van der Waals surface area contributed by atoms with E-state index in [2.05, 4.69) is 27.4 Å². The normalized spacial score (nSPS) is 20.5. The maximum atomic E-state index is 12.3. The summed E-state index contributed by atoms with van der Waals surface area (Å²) in [7, 11) is 1.98. The molecule has 0 radical (unpaired) electrons. The Kier molecular flexibility index (Phi) is 4.80. The first kappa shape index (κ1) is 17.3. The van der Waals surface area contributed by atoms with Crippen LogP contribution in [0.4, 0.5) is 0 Å². The van der Waals surface area contributed by atoms with Crippen LogP contribution in [0.5, 0.6) is 0 Å². The molecule has 0 spiro atoms. The van der Waals surface area contributed by atoms with Crippen molar-refractivity contribution < 1.29 is 4.79 Å². The first-order valence-electron chi connectivity index (χ1n) is 9.13. The van der Waals surface area contributed by atoms with Crippen LogP contribution in [0.2, 0.25) is 0 Å². The maximum absolute atomic E-state index is 12.3. The fourth-order valence-electron chi connectivity index (χ4n) is 3.76. The number of amides is 1. The smallest absolute Gasteiger partial charge is 0.230 e. The van der Waals surface area contributed by atoms with Crippen LogP contribution in [0.1, 0.15) is 32.6 Å². The van der Waals surface area contributed by atoms with E-state index in [1.54, 1.807) is 0 Å². The molecule has 26 heavy (non-hydrogen) atoms. The van der Waals surface area contributed by atoms with E-state index in [1.165, 1.54) is 31.0 Å². The van der Waals surface area contributed by atoms with Crippen molar-refractivity contribution in [3.05, 3.63) is 24.3 Å². The molecule has 2 atom stereocenters. The van der Waals surface area contributed by atoms with Crippen molar-refractivity contribution in [1.29, 1.82) is 0 Å². The predicted molar refractivity (Wildman–Crippen MR) is 104 cm³/mol. The summed E-state index contributed by atoms with van der Waals surface area (Å²) in [6.45, 7) is 2.22. The molecule has 2 aromatic heterocycles. The average molecular weight is 369 g/mol. The van der Waals surface area contributed by atoms with Gasteiger partial charge in [0.1, 0.15) is 5.52 Å². The number of carbonyl (C=O) groups is 1. The summed E-state index contributed by atoms with van der Waals surface area (Å²) in [5.41, 5.74) is 2.67. The standard InChI is InChI=1S/C19H23N5OS/c1-12-7-3-5-9-14(12)20-16(25)11-26-19-21-18-17(22-23-19)13-8-4-6-10-15(13)24(18)2/h4,6,8,10,12,14H,3,5,7,9,11H2,1-2H3,(H,20,25)/t12-,14-/m1/s1. The number of fused-ring (bicyclic) bond motifs is 3. The van der Waals surface area contributed by atoms with Crippen LogP contribution < -0.4 is 5.32 Å². The molecule has 3 aromatic rings. The third-order valence-electron chi connectivity index (χ3n) is 5.28. The second-order valence-corrected chi connectivity index (χ2v) is 8.01. The van der Waals surface area contributed by atoms with Gasteiger partial charge in [-0.1, -0.05) is 49.7 Å². The third-order valence-corrected chi connectivity index (χ3v) is 6.12. The van der Waals surface area contributed by atoms with Crippen molar-refractivity contribution >= 4 is 39.7 Å². The lowest BCUT2D eigenvalue weighted by Gasteiger charge is -2.29. The molecule has 1 aliphatic carbocycles. The van der Waals surface area contributed by atoms with Gasteiger partial charge in [0.05, 0.1) is 11.3 Å². The fourth-order valence-corrected chi connectivity index (χ4v) is 4.36. The number of nitrogens with zero attached hydrogens (tertiary/aromatic N) is 4. The third kappa shape index (κ3) is 3.28. The Morgan fingerprint density at radius 1 is 1.27 bits per heavy atom. The lowest BCUT2D eigenvalue weighted by atomic mass is 9.86. The SMILES string of the molecule is C[C@@H]1CCCC[C@H]1NC(=O)CSc1nnc2c3ccccc3n(C)c2n1. The molecule has 0 bridgehead atoms. The molecule has 1 amide bonds. The molecule has 136 valence electrons. The van der Waals surface area contributed by atoms with Gasteiger partial charge in [0.15, 0.2) is 5.65 Å². The quantitative estimate of drug-likeness (QED) is 0.714. The van der Waals surface area contributed by atoms with Crippen molar-refractivity contribution in [2.24, 2.45) is 13.0 Å². The van der Waals surface area contributed by atoms with Crippen LogP contribution >= 0.6 is 11.8 Å². The molecule has 0 unspecified atom stereocenters. The summed E-state index contributed by atoms with van der Waals surface area (Å²) in [4.78, 5) is 16.9. The second-order valence-electron chi connectivity index (χ2n) is 7.07. The molecule has 0 saturated heterocycles. The summed E-state index contributed by atoms with van der Waals surface area (Å²) in [5, 5.41) is 13.3.